The summed E-state index contributed by atoms with van der Waals surface area (Å²) in [6.07, 6.45) is 0. The molecule has 18 heavy (non-hydrogen) atoms. The van der Waals surface area contributed by atoms with Gasteiger partial charge in [0.05, 0.1) is 4.90 Å². The van der Waals surface area contributed by atoms with Gasteiger partial charge in [0.15, 0.2) is 0 Å². The van der Waals surface area contributed by atoms with Crippen LogP contribution in [0.4, 0.5) is 0 Å². The highest BCUT2D eigenvalue weighted by molar-refractivity contribution is 9.10. The molecule has 0 aromatic heterocycles. The van der Waals surface area contributed by atoms with Crippen molar-refractivity contribution in [2.75, 3.05) is 13.6 Å². The summed E-state index contributed by atoms with van der Waals surface area (Å²) in [7, 11) is -2.52. The molecule has 0 bridgehead atoms. The topological polar surface area (TPSA) is 74.7 Å². The summed E-state index contributed by atoms with van der Waals surface area (Å²) >= 11 is 3.35. The van der Waals surface area contributed by atoms with Gasteiger partial charge >= 0.3 is 5.97 Å². The summed E-state index contributed by atoms with van der Waals surface area (Å²) in [5.74, 6) is -1.19. The second-order valence-electron chi connectivity index (χ2n) is 4.03. The number of aryl methyl sites for hydroxylation is 2. The van der Waals surface area contributed by atoms with Gasteiger partial charge in [-0.15, -0.1) is 0 Å². The third-order valence-electron chi connectivity index (χ3n) is 2.48. The molecule has 0 aliphatic heterocycles. The molecule has 0 spiro atoms. The van der Waals surface area contributed by atoms with Crippen molar-refractivity contribution in [2.45, 2.75) is 18.7 Å². The van der Waals surface area contributed by atoms with Gasteiger partial charge in [-0.05, 0) is 37.1 Å². The van der Waals surface area contributed by atoms with Crippen LogP contribution in [0.3, 0.4) is 0 Å². The second-order valence-corrected chi connectivity index (χ2v) is 6.86. The van der Waals surface area contributed by atoms with Gasteiger partial charge in [0.25, 0.3) is 0 Å². The first kappa shape index (κ1) is 15.1. The van der Waals surface area contributed by atoms with Gasteiger partial charge in [0.1, 0.15) is 6.54 Å². The van der Waals surface area contributed by atoms with Crippen molar-refractivity contribution in [3.05, 3.63) is 27.7 Å². The van der Waals surface area contributed by atoms with Gasteiger partial charge in [-0.1, -0.05) is 15.9 Å². The highest BCUT2D eigenvalue weighted by Gasteiger charge is 2.23. The summed E-state index contributed by atoms with van der Waals surface area (Å²) in [6.45, 7) is 3.01. The average molecular weight is 336 g/mol. The number of carbonyl (C=O) groups is 1. The smallest absolute Gasteiger partial charge is 0.318 e. The SMILES string of the molecule is Cc1cc(S(=O)(=O)N(C)CC(=O)O)cc(C)c1Br. The van der Waals surface area contributed by atoms with Crippen LogP contribution in [0.15, 0.2) is 21.5 Å². The molecule has 100 valence electrons. The van der Waals surface area contributed by atoms with Crippen molar-refractivity contribution in [1.29, 1.82) is 0 Å². The van der Waals surface area contributed by atoms with E-state index in [0.717, 1.165) is 19.9 Å². The van der Waals surface area contributed by atoms with Crippen LogP contribution in [0.2, 0.25) is 0 Å². The molecule has 0 saturated heterocycles. The summed E-state index contributed by atoms with van der Waals surface area (Å²) in [5, 5.41) is 8.63. The molecule has 1 aromatic carbocycles. The van der Waals surface area contributed by atoms with E-state index < -0.39 is 22.5 Å². The van der Waals surface area contributed by atoms with Crippen LogP contribution in [0, 0.1) is 13.8 Å². The molecule has 0 saturated carbocycles. The van der Waals surface area contributed by atoms with E-state index in [-0.39, 0.29) is 4.90 Å². The summed E-state index contributed by atoms with van der Waals surface area (Å²) in [5.41, 5.74) is 1.58. The van der Waals surface area contributed by atoms with Gasteiger partial charge in [-0.2, -0.15) is 4.31 Å². The van der Waals surface area contributed by atoms with E-state index in [1.54, 1.807) is 13.8 Å². The number of aliphatic carboxylic acids is 1. The van der Waals surface area contributed by atoms with Crippen molar-refractivity contribution >= 4 is 31.9 Å². The van der Waals surface area contributed by atoms with Gasteiger partial charge in [0.2, 0.25) is 10.0 Å². The van der Waals surface area contributed by atoms with E-state index in [2.05, 4.69) is 15.9 Å². The lowest BCUT2D eigenvalue weighted by atomic mass is 10.2. The van der Waals surface area contributed by atoms with Crippen LogP contribution < -0.4 is 0 Å². The summed E-state index contributed by atoms with van der Waals surface area (Å²) < 4.78 is 25.9. The molecule has 0 atom stereocenters. The fourth-order valence-corrected chi connectivity index (χ4v) is 3.03. The van der Waals surface area contributed by atoms with Gasteiger partial charge in [0, 0.05) is 11.5 Å². The maximum Gasteiger partial charge on any atom is 0.318 e. The summed E-state index contributed by atoms with van der Waals surface area (Å²) in [6, 6.07) is 3.04. The molecule has 0 aliphatic carbocycles. The zero-order valence-corrected chi connectivity index (χ0v) is 12.7. The number of carboxylic acid groups (broad SMARTS) is 1. The first-order valence-electron chi connectivity index (χ1n) is 5.11. The van der Waals surface area contributed by atoms with E-state index in [1.165, 1.54) is 19.2 Å². The first-order valence-corrected chi connectivity index (χ1v) is 7.34. The van der Waals surface area contributed by atoms with Gasteiger partial charge in [-0.25, -0.2) is 8.42 Å². The molecular formula is C11H14BrNO4S. The lowest BCUT2D eigenvalue weighted by Gasteiger charge is -2.16. The highest BCUT2D eigenvalue weighted by atomic mass is 79.9. The Hall–Kier alpha value is -0.920. The molecule has 1 rings (SSSR count). The lowest BCUT2D eigenvalue weighted by molar-refractivity contribution is -0.137. The molecule has 0 amide bonds. The standard InChI is InChI=1S/C11H14BrNO4S/c1-7-4-9(5-8(2)11(7)12)18(16,17)13(3)6-10(14)15/h4-5H,6H2,1-3H3,(H,14,15). The van der Waals surface area contributed by atoms with Crippen LogP contribution in [-0.2, 0) is 14.8 Å². The van der Waals surface area contributed by atoms with Crippen molar-refractivity contribution in [1.82, 2.24) is 4.31 Å². The second kappa shape index (κ2) is 5.38. The van der Waals surface area contributed by atoms with E-state index in [4.69, 9.17) is 5.11 Å². The third-order valence-corrected chi connectivity index (χ3v) is 5.51. The zero-order valence-electron chi connectivity index (χ0n) is 10.3. The third kappa shape index (κ3) is 3.09. The number of nitrogens with zero attached hydrogens (tertiary/aromatic N) is 1. The Bertz CT molecular complexity index is 560. The number of carboxylic acids is 1. The molecule has 0 heterocycles. The van der Waals surface area contributed by atoms with E-state index in [9.17, 15) is 13.2 Å². The van der Waals surface area contributed by atoms with Crippen molar-refractivity contribution in [2.24, 2.45) is 0 Å². The Kier molecular flexibility index (Phi) is 4.52. The van der Waals surface area contributed by atoms with Crippen LogP contribution in [0.25, 0.3) is 0 Å². The quantitative estimate of drug-likeness (QED) is 0.909. The molecule has 0 aliphatic rings. The number of rotatable bonds is 4. The normalized spacial score (nSPS) is 11.8. The molecule has 1 N–H and O–H groups in total. The largest absolute Gasteiger partial charge is 0.480 e. The minimum absolute atomic E-state index is 0.101. The Morgan fingerprint density at radius 2 is 1.78 bits per heavy atom. The van der Waals surface area contributed by atoms with Gasteiger partial charge < -0.3 is 5.11 Å². The van der Waals surface area contributed by atoms with Crippen molar-refractivity contribution < 1.29 is 18.3 Å². The number of halogens is 1. The Balaban J connectivity index is 3.25. The van der Waals surface area contributed by atoms with E-state index >= 15 is 0 Å². The molecular weight excluding hydrogens is 322 g/mol. The molecule has 0 unspecified atom stereocenters. The van der Waals surface area contributed by atoms with Crippen molar-refractivity contribution in [3.63, 3.8) is 0 Å². The zero-order chi connectivity index (χ0) is 14.1. The monoisotopic (exact) mass is 335 g/mol. The number of likely N-dealkylation sites (N-methyl/N-ethyl adjacent to an activating group) is 1. The summed E-state index contributed by atoms with van der Waals surface area (Å²) in [4.78, 5) is 10.7. The van der Waals surface area contributed by atoms with Crippen LogP contribution in [0.5, 0.6) is 0 Å². The van der Waals surface area contributed by atoms with Crippen molar-refractivity contribution in [3.8, 4) is 0 Å². The number of sulfonamides is 1. The molecule has 0 radical (unpaired) electrons. The maximum atomic E-state index is 12.1. The Labute approximate surface area is 115 Å². The van der Waals surface area contributed by atoms with E-state index in [1.807, 2.05) is 0 Å². The molecule has 0 fully saturated rings. The Morgan fingerprint density at radius 1 is 1.33 bits per heavy atom. The van der Waals surface area contributed by atoms with Gasteiger partial charge in [-0.3, -0.25) is 4.79 Å². The van der Waals surface area contributed by atoms with Crippen LogP contribution >= 0.6 is 15.9 Å². The molecule has 5 nitrogen and oxygen atoms in total. The molecule has 1 aromatic rings. The molecule has 7 heteroatoms. The highest BCUT2D eigenvalue weighted by Crippen LogP contribution is 2.26. The maximum absolute atomic E-state index is 12.1. The van der Waals surface area contributed by atoms with Crippen LogP contribution in [-0.4, -0.2) is 37.4 Å². The lowest BCUT2D eigenvalue weighted by Crippen LogP contribution is -2.32. The minimum Gasteiger partial charge on any atom is -0.480 e. The Morgan fingerprint density at radius 3 is 2.17 bits per heavy atom. The fraction of sp³-hybridized carbons (Fsp3) is 0.364. The fourth-order valence-electron chi connectivity index (χ4n) is 1.51. The van der Waals surface area contributed by atoms with E-state index in [0.29, 0.717) is 0 Å². The predicted octanol–water partition coefficient (Wildman–Crippen LogP) is 1.77. The number of hydrogen-bond acceptors (Lipinski definition) is 3. The number of hydrogen-bond donors (Lipinski definition) is 1. The van der Waals surface area contributed by atoms with Crippen LogP contribution in [0.1, 0.15) is 11.1 Å². The number of benzene rings is 1. The first-order chi connectivity index (χ1) is 8.16. The minimum atomic E-state index is -3.76. The predicted molar refractivity (Wildman–Crippen MR) is 71.1 cm³/mol. The average Bonchev–Trinajstić information content (AvgIpc) is 2.24.